The third kappa shape index (κ3) is 1.48. The number of rotatable bonds is 1. The summed E-state index contributed by atoms with van der Waals surface area (Å²) in [6, 6.07) is 0. The average molecular weight is 186 g/mol. The van der Waals surface area contributed by atoms with E-state index in [0.717, 1.165) is 19.3 Å². The van der Waals surface area contributed by atoms with Gasteiger partial charge in [0.1, 0.15) is 0 Å². The van der Waals surface area contributed by atoms with Crippen molar-refractivity contribution in [3.8, 4) is 0 Å². The summed E-state index contributed by atoms with van der Waals surface area (Å²) in [5.41, 5.74) is 0. The molecule has 0 spiro atoms. The summed E-state index contributed by atoms with van der Waals surface area (Å²) in [5.74, 6) is -0.662. The number of aliphatic carboxylic acids is 1. The van der Waals surface area contributed by atoms with Gasteiger partial charge in [0.2, 0.25) is 0 Å². The number of carbonyl (C=O) groups is 1. The topological polar surface area (TPSA) is 37.3 Å². The molecule has 1 saturated carbocycles. The van der Waals surface area contributed by atoms with Gasteiger partial charge in [0.15, 0.2) is 0 Å². The fraction of sp³-hybridized carbons (Fsp3) is 0.833. The third-order valence-corrected chi connectivity index (χ3v) is 3.28. The molecule has 3 radical (unpaired) electrons. The Hall–Kier alpha value is 0.0129. The molecule has 0 amide bonds. The first kappa shape index (κ1) is 7.12. The molecular weight excluding hydrogens is 177 g/mol. The van der Waals surface area contributed by atoms with Crippen molar-refractivity contribution in [1.29, 1.82) is 0 Å². The Labute approximate surface area is 62.9 Å². The zero-order valence-corrected chi connectivity index (χ0v) is 7.23. The summed E-state index contributed by atoms with van der Waals surface area (Å²) in [6.45, 7) is 0. The number of carboxylic acids is 1. The fourth-order valence-electron chi connectivity index (χ4n) is 1.26. The summed E-state index contributed by atoms with van der Waals surface area (Å²) in [7, 11) is 0. The second-order valence-electron chi connectivity index (χ2n) is 2.48. The van der Waals surface area contributed by atoms with Gasteiger partial charge in [-0.3, -0.25) is 0 Å². The minimum absolute atomic E-state index is 0.0509. The molecule has 2 nitrogen and oxygen atoms in total. The van der Waals surface area contributed by atoms with Gasteiger partial charge in [0.25, 0.3) is 0 Å². The molecule has 2 unspecified atom stereocenters. The molecule has 1 aliphatic rings. The van der Waals surface area contributed by atoms with Crippen LogP contribution in [0, 0.1) is 5.92 Å². The SMILES string of the molecule is O=C(O)C1CCC[CH]1[Ge]. The van der Waals surface area contributed by atoms with Gasteiger partial charge >= 0.3 is 62.3 Å². The van der Waals surface area contributed by atoms with E-state index in [2.05, 4.69) is 0 Å². The zero-order valence-electron chi connectivity index (χ0n) is 5.13. The van der Waals surface area contributed by atoms with Gasteiger partial charge in [-0.05, 0) is 0 Å². The number of carboxylic acid groups (broad SMARTS) is 1. The molecule has 0 saturated heterocycles. The Morgan fingerprint density at radius 3 is 2.44 bits per heavy atom. The Balaban J connectivity index is 2.49. The summed E-state index contributed by atoms with van der Waals surface area (Å²) < 4.78 is 0.405. The van der Waals surface area contributed by atoms with Crippen molar-refractivity contribution < 1.29 is 9.90 Å². The number of hydrogen-bond donors (Lipinski definition) is 1. The van der Waals surface area contributed by atoms with Crippen LogP contribution in [0.4, 0.5) is 0 Å². The first-order valence-electron chi connectivity index (χ1n) is 3.15. The van der Waals surface area contributed by atoms with E-state index in [1.807, 2.05) is 16.5 Å². The molecule has 0 aliphatic heterocycles. The van der Waals surface area contributed by atoms with Crippen molar-refractivity contribution in [3.05, 3.63) is 0 Å². The predicted octanol–water partition coefficient (Wildman–Crippen LogP) is 0.828. The van der Waals surface area contributed by atoms with Crippen LogP contribution < -0.4 is 0 Å². The second kappa shape index (κ2) is 2.73. The van der Waals surface area contributed by atoms with Crippen LogP contribution in [0.5, 0.6) is 0 Å². The van der Waals surface area contributed by atoms with Crippen LogP contribution in [0.25, 0.3) is 0 Å². The Morgan fingerprint density at radius 2 is 2.22 bits per heavy atom. The van der Waals surface area contributed by atoms with E-state index < -0.39 is 5.97 Å². The molecule has 0 aromatic heterocycles. The third-order valence-electron chi connectivity index (χ3n) is 1.83. The van der Waals surface area contributed by atoms with Crippen molar-refractivity contribution in [2.75, 3.05) is 0 Å². The zero-order chi connectivity index (χ0) is 6.85. The Morgan fingerprint density at radius 1 is 1.56 bits per heavy atom. The molecule has 0 heterocycles. The predicted molar refractivity (Wildman–Crippen MR) is 34.5 cm³/mol. The monoisotopic (exact) mass is 187 g/mol. The summed E-state index contributed by atoms with van der Waals surface area (Å²) in [4.78, 5) is 10.4. The van der Waals surface area contributed by atoms with E-state index in [1.54, 1.807) is 0 Å². The van der Waals surface area contributed by atoms with Gasteiger partial charge in [0.05, 0.1) is 0 Å². The molecule has 3 heteroatoms. The first-order chi connectivity index (χ1) is 4.22. The maximum atomic E-state index is 10.4. The van der Waals surface area contributed by atoms with Crippen molar-refractivity contribution in [3.63, 3.8) is 0 Å². The molecule has 0 aromatic carbocycles. The van der Waals surface area contributed by atoms with Crippen LogP contribution in [-0.2, 0) is 4.79 Å². The van der Waals surface area contributed by atoms with Crippen LogP contribution in [0.15, 0.2) is 0 Å². The van der Waals surface area contributed by atoms with Gasteiger partial charge in [-0.2, -0.15) is 0 Å². The van der Waals surface area contributed by atoms with Gasteiger partial charge in [-0.25, -0.2) is 0 Å². The van der Waals surface area contributed by atoms with E-state index in [1.165, 1.54) is 0 Å². The van der Waals surface area contributed by atoms with Gasteiger partial charge in [-0.1, -0.05) is 0 Å². The standard InChI is InChI=1S/C6H9GeO2/c7-5-3-1-2-4(5)6(8)9/h4-5H,1-3H2,(H,8,9). The molecule has 2 atom stereocenters. The van der Waals surface area contributed by atoms with Crippen LogP contribution in [0.3, 0.4) is 0 Å². The summed E-state index contributed by atoms with van der Waals surface area (Å²) in [5, 5.41) is 8.58. The van der Waals surface area contributed by atoms with Crippen LogP contribution in [-0.4, -0.2) is 27.6 Å². The summed E-state index contributed by atoms with van der Waals surface area (Å²) in [6.07, 6.45) is 3.08. The summed E-state index contributed by atoms with van der Waals surface area (Å²) >= 11 is 2.02. The quantitative estimate of drug-likeness (QED) is 0.615. The van der Waals surface area contributed by atoms with Crippen LogP contribution in [0.1, 0.15) is 19.3 Å². The molecule has 1 rings (SSSR count). The maximum absolute atomic E-state index is 10.4. The van der Waals surface area contributed by atoms with E-state index in [9.17, 15) is 4.79 Å². The van der Waals surface area contributed by atoms with Crippen LogP contribution >= 0.6 is 0 Å². The molecule has 1 aliphatic carbocycles. The Bertz CT molecular complexity index is 124. The van der Waals surface area contributed by atoms with E-state index in [0.29, 0.717) is 4.75 Å². The molecule has 49 valence electrons. The molecule has 9 heavy (non-hydrogen) atoms. The van der Waals surface area contributed by atoms with Gasteiger partial charge in [0, 0.05) is 0 Å². The van der Waals surface area contributed by atoms with Crippen LogP contribution in [0.2, 0.25) is 4.75 Å². The molecule has 1 N–H and O–H groups in total. The molecular formula is C6H9GeO2. The normalized spacial score (nSPS) is 34.8. The van der Waals surface area contributed by atoms with E-state index in [4.69, 9.17) is 5.11 Å². The second-order valence-corrected chi connectivity index (χ2v) is 4.04. The van der Waals surface area contributed by atoms with Crippen molar-refractivity contribution in [2.45, 2.75) is 24.0 Å². The van der Waals surface area contributed by atoms with E-state index in [-0.39, 0.29) is 5.92 Å². The van der Waals surface area contributed by atoms with Crippen molar-refractivity contribution in [2.24, 2.45) is 5.92 Å². The minimum atomic E-state index is -0.611. The first-order valence-corrected chi connectivity index (χ1v) is 4.37. The van der Waals surface area contributed by atoms with E-state index >= 15 is 0 Å². The Kier molecular flexibility index (Phi) is 2.16. The molecule has 0 bridgehead atoms. The molecule has 1 fully saturated rings. The number of hydrogen-bond acceptors (Lipinski definition) is 1. The van der Waals surface area contributed by atoms with Crippen molar-refractivity contribution in [1.82, 2.24) is 0 Å². The van der Waals surface area contributed by atoms with Gasteiger partial charge < -0.3 is 0 Å². The fourth-order valence-corrected chi connectivity index (χ4v) is 2.33. The molecule has 0 aromatic rings. The van der Waals surface area contributed by atoms with Crippen molar-refractivity contribution >= 4 is 22.5 Å². The average Bonchev–Trinajstić information content (AvgIpc) is 2.13. The van der Waals surface area contributed by atoms with Gasteiger partial charge in [-0.15, -0.1) is 0 Å².